The minimum atomic E-state index is 0.0946. The molecule has 0 aromatic heterocycles. The van der Waals surface area contributed by atoms with Crippen LogP contribution in [-0.2, 0) is 5.41 Å². The van der Waals surface area contributed by atoms with Crippen molar-refractivity contribution in [3.8, 4) is 12.8 Å². The molecule has 0 spiro atoms. The van der Waals surface area contributed by atoms with Crippen LogP contribution in [0.5, 0.6) is 0 Å². The standard InChI is InChI=1S/C51H68N2.C2H2/c1-13-45(20-17-35-50(7,8)9)53(48-31-23-40(5)24-32-48)49(43-18-15-14-16-19-43)36-42(26-25-41(6)38(2)3)37-52(46-29-21-39(4)22-30-46)47-33-27-44(28-34-47)51(10,11)12;1-2/h13-16,18,21-34,38H,17,19-20,35-37H2,1-12H3;1-2H/b41-25+,42-26+,45-13+,49-43+;. The van der Waals surface area contributed by atoms with Crippen LogP contribution in [0.4, 0.5) is 17.1 Å². The fourth-order valence-electron chi connectivity index (χ4n) is 6.66. The molecule has 3 aromatic rings. The highest BCUT2D eigenvalue weighted by Crippen LogP contribution is 2.37. The van der Waals surface area contributed by atoms with Crippen LogP contribution in [0.15, 0.2) is 143 Å². The zero-order chi connectivity index (χ0) is 40.8. The van der Waals surface area contributed by atoms with Crippen LogP contribution in [0.3, 0.4) is 0 Å². The third-order valence-electron chi connectivity index (χ3n) is 10.4. The van der Waals surface area contributed by atoms with E-state index >= 15 is 0 Å². The highest BCUT2D eigenvalue weighted by atomic mass is 15.2. The summed E-state index contributed by atoms with van der Waals surface area (Å²) in [5.74, 6) is 0.483. The van der Waals surface area contributed by atoms with Crippen molar-refractivity contribution in [3.63, 3.8) is 0 Å². The Morgan fingerprint density at radius 1 is 0.764 bits per heavy atom. The third kappa shape index (κ3) is 13.8. The Balaban J connectivity index is 0.00000399. The first kappa shape index (κ1) is 44.7. The number of anilines is 3. The van der Waals surface area contributed by atoms with Gasteiger partial charge in [0.1, 0.15) is 0 Å². The van der Waals surface area contributed by atoms with Gasteiger partial charge in [-0.15, -0.1) is 12.8 Å². The van der Waals surface area contributed by atoms with Crippen LogP contribution < -0.4 is 9.80 Å². The summed E-state index contributed by atoms with van der Waals surface area (Å²) >= 11 is 0. The van der Waals surface area contributed by atoms with Crippen LogP contribution in [0, 0.1) is 38.0 Å². The first-order valence-corrected chi connectivity index (χ1v) is 20.3. The lowest BCUT2D eigenvalue weighted by atomic mass is 9.87. The van der Waals surface area contributed by atoms with E-state index in [0.29, 0.717) is 11.3 Å². The van der Waals surface area contributed by atoms with Crippen LogP contribution >= 0.6 is 0 Å². The van der Waals surface area contributed by atoms with Crippen molar-refractivity contribution in [1.82, 2.24) is 0 Å². The Hall–Kier alpha value is -4.74. The van der Waals surface area contributed by atoms with E-state index < -0.39 is 0 Å². The Kier molecular flexibility index (Phi) is 16.9. The largest absolute Gasteiger partial charge is 0.337 e. The van der Waals surface area contributed by atoms with Gasteiger partial charge >= 0.3 is 0 Å². The maximum absolute atomic E-state index is 4.00. The van der Waals surface area contributed by atoms with Gasteiger partial charge in [0.25, 0.3) is 0 Å². The SMILES string of the molecule is C#C.C/C=C(\CCCC(C)(C)C)N(/C(C/C(=C\C=C(/C)C(C)C)CN(c1ccc(C)cc1)c1ccc(C(C)(C)C)cc1)=C1\C=CC=CC1)c1ccc(C)cc1. The van der Waals surface area contributed by atoms with Gasteiger partial charge in [-0.1, -0.05) is 151 Å². The molecule has 0 amide bonds. The van der Waals surface area contributed by atoms with Crippen LogP contribution in [0.25, 0.3) is 0 Å². The quantitative estimate of drug-likeness (QED) is 0.120. The van der Waals surface area contributed by atoms with Gasteiger partial charge in [-0.05, 0) is 123 Å². The Morgan fingerprint density at radius 3 is 1.78 bits per heavy atom. The first-order chi connectivity index (χ1) is 26.1. The summed E-state index contributed by atoms with van der Waals surface area (Å²) in [4.78, 5) is 5.10. The van der Waals surface area contributed by atoms with Crippen molar-refractivity contribution in [2.75, 3.05) is 16.3 Å². The van der Waals surface area contributed by atoms with E-state index in [2.05, 4.69) is 221 Å². The summed E-state index contributed by atoms with van der Waals surface area (Å²) < 4.78 is 0. The van der Waals surface area contributed by atoms with Crippen molar-refractivity contribution in [1.29, 1.82) is 0 Å². The molecule has 0 heterocycles. The van der Waals surface area contributed by atoms with E-state index in [1.54, 1.807) is 0 Å². The van der Waals surface area contributed by atoms with Crippen molar-refractivity contribution in [2.45, 2.75) is 121 Å². The smallest absolute Gasteiger partial charge is 0.0455 e. The summed E-state index contributed by atoms with van der Waals surface area (Å²) in [5.41, 5.74) is 14.8. The molecular weight excluding hydrogens is 665 g/mol. The van der Waals surface area contributed by atoms with Crippen LogP contribution in [-0.4, -0.2) is 6.54 Å². The summed E-state index contributed by atoms with van der Waals surface area (Å²) in [6, 6.07) is 27.4. The molecule has 0 saturated carbocycles. The molecule has 55 heavy (non-hydrogen) atoms. The van der Waals surface area contributed by atoms with Crippen molar-refractivity contribution in [2.24, 2.45) is 11.3 Å². The molecule has 2 heteroatoms. The lowest BCUT2D eigenvalue weighted by Crippen LogP contribution is -2.27. The Bertz CT molecular complexity index is 1850. The van der Waals surface area contributed by atoms with E-state index in [1.807, 2.05) is 0 Å². The summed E-state index contributed by atoms with van der Waals surface area (Å²) in [5, 5.41) is 0. The fourth-order valence-corrected chi connectivity index (χ4v) is 6.66. The monoisotopic (exact) mass is 735 g/mol. The molecule has 0 bridgehead atoms. The summed E-state index contributed by atoms with van der Waals surface area (Å²) in [6.45, 7) is 28.1. The topological polar surface area (TPSA) is 6.48 Å². The van der Waals surface area contributed by atoms with Crippen molar-refractivity contribution in [3.05, 3.63) is 160 Å². The van der Waals surface area contributed by atoms with Crippen LogP contribution in [0.1, 0.15) is 118 Å². The molecule has 0 N–H and O–H groups in total. The molecule has 0 unspecified atom stereocenters. The zero-order valence-corrected chi connectivity index (χ0v) is 36.3. The van der Waals surface area contributed by atoms with E-state index in [-0.39, 0.29) is 5.41 Å². The summed E-state index contributed by atoms with van der Waals surface area (Å²) in [7, 11) is 0. The van der Waals surface area contributed by atoms with Gasteiger partial charge < -0.3 is 9.80 Å². The third-order valence-corrected chi connectivity index (χ3v) is 10.4. The molecule has 0 radical (unpaired) electrons. The Labute approximate surface area is 337 Å². The van der Waals surface area contributed by atoms with Gasteiger partial charge in [0, 0.05) is 41.4 Å². The predicted octanol–water partition coefficient (Wildman–Crippen LogP) is 15.3. The molecule has 0 saturated heterocycles. The number of aryl methyl sites for hydroxylation is 2. The van der Waals surface area contributed by atoms with Gasteiger partial charge in [0.05, 0.1) is 0 Å². The molecule has 1 aliphatic rings. The van der Waals surface area contributed by atoms with Gasteiger partial charge in [0.2, 0.25) is 0 Å². The predicted molar refractivity (Wildman–Crippen MR) is 245 cm³/mol. The zero-order valence-electron chi connectivity index (χ0n) is 36.3. The maximum atomic E-state index is 4.00. The van der Waals surface area contributed by atoms with Crippen LogP contribution in [0.2, 0.25) is 0 Å². The highest BCUT2D eigenvalue weighted by molar-refractivity contribution is 5.66. The Morgan fingerprint density at radius 2 is 1.31 bits per heavy atom. The second-order valence-corrected chi connectivity index (χ2v) is 17.6. The van der Waals surface area contributed by atoms with E-state index in [0.717, 1.165) is 32.2 Å². The first-order valence-electron chi connectivity index (χ1n) is 20.3. The molecule has 0 atom stereocenters. The van der Waals surface area contributed by atoms with E-state index in [4.69, 9.17) is 0 Å². The van der Waals surface area contributed by atoms with Crippen molar-refractivity contribution >= 4 is 17.1 Å². The molecule has 2 nitrogen and oxygen atoms in total. The summed E-state index contributed by atoms with van der Waals surface area (Å²) in [6.07, 6.45) is 29.3. The number of hydrogen-bond acceptors (Lipinski definition) is 2. The molecule has 0 fully saturated rings. The number of allylic oxidation sites excluding steroid dienone is 11. The van der Waals surface area contributed by atoms with Gasteiger partial charge in [0.15, 0.2) is 0 Å². The average Bonchev–Trinajstić information content (AvgIpc) is 3.16. The highest BCUT2D eigenvalue weighted by Gasteiger charge is 2.24. The van der Waals surface area contributed by atoms with Gasteiger partial charge in [-0.3, -0.25) is 0 Å². The molecule has 3 aromatic carbocycles. The molecule has 1 aliphatic carbocycles. The molecular formula is C53H70N2. The average molecular weight is 735 g/mol. The second-order valence-electron chi connectivity index (χ2n) is 17.6. The number of terminal acetylenes is 1. The number of benzene rings is 3. The van der Waals surface area contributed by atoms with E-state index in [9.17, 15) is 0 Å². The second kappa shape index (κ2) is 20.8. The van der Waals surface area contributed by atoms with Gasteiger partial charge in [-0.2, -0.15) is 0 Å². The van der Waals surface area contributed by atoms with Gasteiger partial charge in [-0.25, -0.2) is 0 Å². The molecule has 4 rings (SSSR count). The molecule has 0 aliphatic heterocycles. The minimum Gasteiger partial charge on any atom is -0.337 e. The lowest BCUT2D eigenvalue weighted by Gasteiger charge is -2.35. The number of nitrogens with zero attached hydrogens (tertiary/aromatic N) is 2. The molecule has 292 valence electrons. The fraction of sp³-hybridized carbons (Fsp3) is 0.396. The number of rotatable bonds is 14. The normalized spacial score (nSPS) is 14.8. The van der Waals surface area contributed by atoms with Crippen molar-refractivity contribution < 1.29 is 0 Å². The minimum absolute atomic E-state index is 0.0946. The maximum Gasteiger partial charge on any atom is 0.0455 e. The van der Waals surface area contributed by atoms with E-state index in [1.165, 1.54) is 68.3 Å². The lowest BCUT2D eigenvalue weighted by molar-refractivity contribution is 0.365. The number of hydrogen-bond donors (Lipinski definition) is 0.